The molecule has 0 atom stereocenters. The molecule has 0 bridgehead atoms. The van der Waals surface area contributed by atoms with Gasteiger partial charge in [0.2, 0.25) is 11.9 Å². The fourth-order valence-electron chi connectivity index (χ4n) is 3.22. The highest BCUT2D eigenvalue weighted by molar-refractivity contribution is 5.94. The number of nitrogens with zero attached hydrogens (tertiary/aromatic N) is 4. The quantitative estimate of drug-likeness (QED) is 0.559. The number of esters is 1. The molecule has 29 heavy (non-hydrogen) atoms. The lowest BCUT2D eigenvalue weighted by atomic mass is 10.0. The molecule has 1 aromatic carbocycles. The number of carbonyl (C=O) groups is 2. The molecule has 1 aromatic heterocycles. The van der Waals surface area contributed by atoms with Gasteiger partial charge < -0.3 is 15.4 Å². The maximum atomic E-state index is 11.7. The molecule has 8 nitrogen and oxygen atoms in total. The zero-order valence-corrected chi connectivity index (χ0v) is 16.5. The molecule has 1 fully saturated rings. The Morgan fingerprint density at radius 3 is 2.52 bits per heavy atom. The fraction of sp³-hybridized carbons (Fsp3) is 0.333. The number of aromatic nitrogens is 2. The molecular weight excluding hydrogens is 370 g/mol. The first-order valence-electron chi connectivity index (χ1n) is 9.58. The van der Waals surface area contributed by atoms with Crippen LogP contribution in [-0.4, -0.2) is 59.5 Å². The van der Waals surface area contributed by atoms with Crippen molar-refractivity contribution in [2.75, 3.05) is 37.7 Å². The Kier molecular flexibility index (Phi) is 6.91. The van der Waals surface area contributed by atoms with Gasteiger partial charge in [-0.05, 0) is 42.3 Å². The van der Waals surface area contributed by atoms with E-state index in [2.05, 4.69) is 19.8 Å². The topological polar surface area (TPSA) is 102 Å². The van der Waals surface area contributed by atoms with Crippen LogP contribution in [0, 0.1) is 0 Å². The Hall–Kier alpha value is -3.26. The van der Waals surface area contributed by atoms with Crippen LogP contribution in [0.5, 0.6) is 0 Å². The third-order valence-electron chi connectivity index (χ3n) is 4.61. The van der Waals surface area contributed by atoms with E-state index in [1.807, 2.05) is 6.07 Å². The first-order chi connectivity index (χ1) is 14.0. The van der Waals surface area contributed by atoms with E-state index in [1.54, 1.807) is 43.6 Å². The first-order valence-corrected chi connectivity index (χ1v) is 9.58. The van der Waals surface area contributed by atoms with E-state index in [0.717, 1.165) is 43.3 Å². The Morgan fingerprint density at radius 1 is 1.14 bits per heavy atom. The van der Waals surface area contributed by atoms with Crippen molar-refractivity contribution in [3.8, 4) is 0 Å². The van der Waals surface area contributed by atoms with E-state index in [4.69, 9.17) is 10.5 Å². The Morgan fingerprint density at radius 2 is 1.86 bits per heavy atom. The van der Waals surface area contributed by atoms with E-state index >= 15 is 0 Å². The minimum atomic E-state index is -0.497. The van der Waals surface area contributed by atoms with Gasteiger partial charge in [-0.25, -0.2) is 14.8 Å². The van der Waals surface area contributed by atoms with Gasteiger partial charge in [0.1, 0.15) is 0 Å². The number of anilines is 1. The van der Waals surface area contributed by atoms with Crippen molar-refractivity contribution < 1.29 is 14.3 Å². The van der Waals surface area contributed by atoms with E-state index in [1.165, 1.54) is 6.08 Å². The average Bonchev–Trinajstić information content (AvgIpc) is 2.73. The highest BCUT2D eigenvalue weighted by Crippen LogP contribution is 2.16. The summed E-state index contributed by atoms with van der Waals surface area (Å²) in [5.41, 5.74) is 7.60. The second-order valence-electron chi connectivity index (χ2n) is 6.72. The number of hydrogen-bond donors (Lipinski definition) is 1. The Bertz CT molecular complexity index is 877. The van der Waals surface area contributed by atoms with Gasteiger partial charge in [0, 0.05) is 56.8 Å². The largest absolute Gasteiger partial charge is 0.463 e. The summed E-state index contributed by atoms with van der Waals surface area (Å²) in [4.78, 5) is 36.3. The normalized spacial score (nSPS) is 14.9. The van der Waals surface area contributed by atoms with Gasteiger partial charge >= 0.3 is 5.97 Å². The second-order valence-corrected chi connectivity index (χ2v) is 6.72. The highest BCUT2D eigenvalue weighted by atomic mass is 16.5. The molecule has 2 N–H and O–H groups in total. The lowest BCUT2D eigenvalue weighted by Gasteiger charge is -2.34. The molecule has 0 unspecified atom stereocenters. The summed E-state index contributed by atoms with van der Waals surface area (Å²) in [6.45, 7) is 6.12. The van der Waals surface area contributed by atoms with Crippen molar-refractivity contribution >= 4 is 23.9 Å². The molecule has 8 heteroatoms. The number of rotatable bonds is 7. The number of carbonyl (C=O) groups excluding carboxylic acids is 2. The molecule has 1 aliphatic rings. The second kappa shape index (κ2) is 9.79. The number of amides is 1. The van der Waals surface area contributed by atoms with E-state index < -0.39 is 11.9 Å². The van der Waals surface area contributed by atoms with Gasteiger partial charge in [0.15, 0.2) is 0 Å². The van der Waals surface area contributed by atoms with Crippen LogP contribution < -0.4 is 10.6 Å². The van der Waals surface area contributed by atoms with Crippen molar-refractivity contribution in [3.05, 3.63) is 59.4 Å². The van der Waals surface area contributed by atoms with Crippen LogP contribution in [0.4, 0.5) is 5.95 Å². The third-order valence-corrected chi connectivity index (χ3v) is 4.61. The molecule has 0 spiro atoms. The van der Waals surface area contributed by atoms with Gasteiger partial charge in [-0.1, -0.05) is 6.07 Å². The summed E-state index contributed by atoms with van der Waals surface area (Å²) in [5, 5.41) is 0. The summed E-state index contributed by atoms with van der Waals surface area (Å²) in [6.07, 6.45) is 6.48. The van der Waals surface area contributed by atoms with Crippen molar-refractivity contribution in [1.82, 2.24) is 14.9 Å². The fourth-order valence-corrected chi connectivity index (χ4v) is 3.22. The number of primary amides is 1. The average molecular weight is 395 g/mol. The number of nitrogens with two attached hydrogens (primary N) is 1. The van der Waals surface area contributed by atoms with E-state index in [-0.39, 0.29) is 0 Å². The number of benzene rings is 1. The van der Waals surface area contributed by atoms with Crippen molar-refractivity contribution in [2.45, 2.75) is 13.5 Å². The lowest BCUT2D eigenvalue weighted by molar-refractivity contribution is -0.137. The summed E-state index contributed by atoms with van der Waals surface area (Å²) in [7, 11) is 0. The summed E-state index contributed by atoms with van der Waals surface area (Å²) in [5.74, 6) is -0.171. The molecule has 3 rings (SSSR count). The smallest absolute Gasteiger partial charge is 0.330 e. The Balaban J connectivity index is 1.67. The zero-order valence-electron chi connectivity index (χ0n) is 16.5. The van der Waals surface area contributed by atoms with Crippen molar-refractivity contribution in [1.29, 1.82) is 0 Å². The van der Waals surface area contributed by atoms with Crippen LogP contribution in [0.3, 0.4) is 0 Å². The monoisotopic (exact) mass is 395 g/mol. The maximum Gasteiger partial charge on any atom is 0.330 e. The van der Waals surface area contributed by atoms with Crippen LogP contribution in [0.25, 0.3) is 6.08 Å². The Labute approximate surface area is 170 Å². The van der Waals surface area contributed by atoms with Crippen molar-refractivity contribution in [2.24, 2.45) is 5.73 Å². The molecule has 0 saturated carbocycles. The van der Waals surface area contributed by atoms with Gasteiger partial charge in [0.25, 0.3) is 0 Å². The first kappa shape index (κ1) is 20.5. The number of ether oxygens (including phenoxy) is 1. The minimum Gasteiger partial charge on any atom is -0.463 e. The van der Waals surface area contributed by atoms with Crippen LogP contribution in [0.1, 0.15) is 28.4 Å². The SMILES string of the molecule is CCOC(=O)C=Cc1cc(CN2CCN(c3ncccn3)CC2)cc(C(N)=O)c1. The molecule has 1 amide bonds. The number of hydrogen-bond acceptors (Lipinski definition) is 7. The molecule has 0 radical (unpaired) electrons. The molecule has 1 saturated heterocycles. The molecule has 2 aromatic rings. The van der Waals surface area contributed by atoms with Crippen molar-refractivity contribution in [3.63, 3.8) is 0 Å². The standard InChI is InChI=1S/C21H25N5O3/c1-2-29-19(27)5-4-16-12-17(14-18(13-16)20(22)28)15-25-8-10-26(11-9-25)21-23-6-3-7-24-21/h3-7,12-14H,2,8-11,15H2,1H3,(H2,22,28). The van der Waals surface area contributed by atoms with Gasteiger partial charge in [-0.15, -0.1) is 0 Å². The molecule has 1 aliphatic heterocycles. The van der Waals surface area contributed by atoms with Gasteiger partial charge in [-0.3, -0.25) is 9.69 Å². The lowest BCUT2D eigenvalue weighted by Crippen LogP contribution is -2.46. The summed E-state index contributed by atoms with van der Waals surface area (Å²) in [6, 6.07) is 7.23. The predicted molar refractivity (Wildman–Crippen MR) is 110 cm³/mol. The summed E-state index contributed by atoms with van der Waals surface area (Å²) >= 11 is 0. The third kappa shape index (κ3) is 5.86. The minimum absolute atomic E-state index is 0.315. The van der Waals surface area contributed by atoms with Crippen LogP contribution >= 0.6 is 0 Å². The maximum absolute atomic E-state index is 11.7. The number of piperazine rings is 1. The van der Waals surface area contributed by atoms with E-state index in [9.17, 15) is 9.59 Å². The van der Waals surface area contributed by atoms with Gasteiger partial charge in [-0.2, -0.15) is 0 Å². The van der Waals surface area contributed by atoms with Crippen LogP contribution in [-0.2, 0) is 16.1 Å². The molecule has 152 valence electrons. The molecular formula is C21H25N5O3. The van der Waals surface area contributed by atoms with Gasteiger partial charge in [0.05, 0.1) is 6.61 Å². The zero-order chi connectivity index (χ0) is 20.6. The molecule has 0 aliphatic carbocycles. The summed E-state index contributed by atoms with van der Waals surface area (Å²) < 4.78 is 4.90. The molecule has 2 heterocycles. The highest BCUT2D eigenvalue weighted by Gasteiger charge is 2.19. The van der Waals surface area contributed by atoms with E-state index in [0.29, 0.717) is 18.7 Å². The van der Waals surface area contributed by atoms with Crippen LogP contribution in [0.15, 0.2) is 42.7 Å². The van der Waals surface area contributed by atoms with Crippen LogP contribution in [0.2, 0.25) is 0 Å². The predicted octanol–water partition coefficient (Wildman–Crippen LogP) is 1.47.